The topological polar surface area (TPSA) is 57.4 Å². The van der Waals surface area contributed by atoms with Crippen molar-refractivity contribution in [2.45, 2.75) is 6.42 Å². The van der Waals surface area contributed by atoms with Crippen LogP contribution >= 0.6 is 0 Å². The molecule has 3 aromatic heterocycles. The van der Waals surface area contributed by atoms with Crippen molar-refractivity contribution in [3.8, 4) is 11.1 Å². The van der Waals surface area contributed by atoms with Gasteiger partial charge in [0.2, 0.25) is 0 Å². The summed E-state index contributed by atoms with van der Waals surface area (Å²) < 4.78 is 0. The second-order valence-electron chi connectivity index (χ2n) is 12.9. The third-order valence-corrected chi connectivity index (χ3v) is 9.36. The molecule has 5 heterocycles. The van der Waals surface area contributed by atoms with Crippen molar-refractivity contribution in [2.24, 2.45) is 0 Å². The molecule has 0 atom stereocenters. The maximum Gasteiger partial charge on any atom is 0.0659 e. The average Bonchev–Trinajstić information content (AvgIpc) is 4.02. The number of rotatable bonds is 0. The minimum absolute atomic E-state index is 0. The minimum Gasteiger partial charge on any atom is -0.355 e. The molecule has 0 fully saturated rings. The Bertz CT molecular complexity index is 2570. The predicted octanol–water partition coefficient (Wildman–Crippen LogP) is 11.5. The molecular weight excluding hydrogens is 712 g/mol. The zero-order chi connectivity index (χ0) is 34.0. The van der Waals surface area contributed by atoms with E-state index in [9.17, 15) is 0 Å². The molecule has 0 spiro atoms. The van der Waals surface area contributed by atoms with Crippen LogP contribution in [-0.2, 0) is 23.5 Å². The molecule has 0 unspecified atom stereocenters. The Morgan fingerprint density at radius 1 is 0.358 bits per heavy atom. The van der Waals surface area contributed by atoms with Crippen LogP contribution in [0.4, 0.5) is 0 Å². The van der Waals surface area contributed by atoms with Crippen LogP contribution in [0, 0.1) is 0 Å². The van der Waals surface area contributed by atoms with Crippen molar-refractivity contribution in [1.29, 1.82) is 0 Å². The van der Waals surface area contributed by atoms with E-state index in [1.165, 1.54) is 43.8 Å². The molecule has 4 nitrogen and oxygen atoms in total. The van der Waals surface area contributed by atoms with Crippen molar-refractivity contribution < 1.29 is 17.1 Å². The fourth-order valence-electron chi connectivity index (χ4n) is 6.91. The Morgan fingerprint density at radius 3 is 1.11 bits per heavy atom. The molecule has 5 aromatic carbocycles. The van der Waals surface area contributed by atoms with Crippen LogP contribution in [0.5, 0.6) is 0 Å². The van der Waals surface area contributed by atoms with Crippen molar-refractivity contribution >= 4 is 78.9 Å². The number of fused-ring (bicyclic) bond motifs is 13. The number of aromatic nitrogens is 4. The first kappa shape index (κ1) is 35.4. The summed E-state index contributed by atoms with van der Waals surface area (Å²) in [6.07, 6.45) is 9.15. The zero-order valence-electron chi connectivity index (χ0n) is 28.7. The van der Waals surface area contributed by atoms with Gasteiger partial charge in [0.15, 0.2) is 0 Å². The van der Waals surface area contributed by atoms with E-state index < -0.39 is 0 Å². The third kappa shape index (κ3) is 7.91. The molecule has 53 heavy (non-hydrogen) atoms. The molecule has 257 valence electrons. The molecule has 8 bridgehead atoms. The van der Waals surface area contributed by atoms with E-state index >= 15 is 0 Å². The predicted molar refractivity (Wildman–Crippen MR) is 221 cm³/mol. The Balaban J connectivity index is 0.000000129. The normalized spacial score (nSPS) is 11.6. The number of aromatic amines is 2. The molecule has 8 aromatic rings. The smallest absolute Gasteiger partial charge is 0.0659 e. The van der Waals surface area contributed by atoms with Gasteiger partial charge in [-0.15, -0.1) is 0 Å². The molecule has 0 saturated heterocycles. The Hall–Kier alpha value is -6.04. The van der Waals surface area contributed by atoms with Crippen LogP contribution in [0.2, 0.25) is 0 Å². The zero-order valence-corrected chi connectivity index (χ0v) is 30.7. The van der Waals surface area contributed by atoms with Crippen LogP contribution in [-0.4, -0.2) is 30.9 Å². The second kappa shape index (κ2) is 15.7. The van der Waals surface area contributed by atoms with Gasteiger partial charge in [-0.3, -0.25) is 0 Å². The van der Waals surface area contributed by atoms with Gasteiger partial charge in [-0.25, -0.2) is 9.97 Å². The summed E-state index contributed by atoms with van der Waals surface area (Å²) in [5.41, 5.74) is 13.6. The van der Waals surface area contributed by atoms with E-state index in [1.807, 2.05) is 42.5 Å². The van der Waals surface area contributed by atoms with Crippen LogP contribution in [0.1, 0.15) is 33.9 Å². The first-order valence-electron chi connectivity index (χ1n) is 17.3. The molecular formula is C47H34CuN4Si. The van der Waals surface area contributed by atoms with Gasteiger partial charge in [-0.1, -0.05) is 97.1 Å². The number of benzene rings is 5. The summed E-state index contributed by atoms with van der Waals surface area (Å²) in [6.45, 7) is 0. The van der Waals surface area contributed by atoms with Gasteiger partial charge in [0, 0.05) is 50.1 Å². The Morgan fingerprint density at radius 2 is 0.698 bits per heavy atom. The van der Waals surface area contributed by atoms with Gasteiger partial charge in [0.25, 0.3) is 0 Å². The van der Waals surface area contributed by atoms with Gasteiger partial charge >= 0.3 is 0 Å². The van der Waals surface area contributed by atoms with E-state index in [1.54, 1.807) is 0 Å². The number of nitrogens with one attached hydrogen (secondary N) is 2. The fourth-order valence-corrected chi connectivity index (χ4v) is 6.91. The van der Waals surface area contributed by atoms with Crippen molar-refractivity contribution in [1.82, 2.24) is 19.9 Å². The maximum absolute atomic E-state index is 4.62. The van der Waals surface area contributed by atoms with Crippen molar-refractivity contribution in [3.05, 3.63) is 192 Å². The second-order valence-corrected chi connectivity index (χ2v) is 12.9. The molecule has 3 aliphatic rings. The van der Waals surface area contributed by atoms with E-state index in [0.717, 1.165) is 51.3 Å². The largest absolute Gasteiger partial charge is 0.355 e. The Kier molecular flexibility index (Phi) is 10.5. The third-order valence-electron chi connectivity index (χ3n) is 9.36. The molecule has 1 aliphatic carbocycles. The monoisotopic (exact) mass is 745 g/mol. The van der Waals surface area contributed by atoms with Crippen molar-refractivity contribution in [2.75, 3.05) is 0 Å². The van der Waals surface area contributed by atoms with Crippen LogP contribution in [0.3, 0.4) is 0 Å². The fraction of sp³-hybridized carbons (Fsp3) is 0.0213. The number of hydrogen-bond acceptors (Lipinski definition) is 2. The van der Waals surface area contributed by atoms with E-state index in [2.05, 4.69) is 159 Å². The number of H-pyrrole nitrogens is 2. The van der Waals surface area contributed by atoms with Gasteiger partial charge in [-0.05, 0) is 135 Å². The average molecular weight is 746 g/mol. The Labute approximate surface area is 323 Å². The van der Waals surface area contributed by atoms with Crippen LogP contribution in [0.25, 0.3) is 79.0 Å². The molecule has 11 rings (SSSR count). The first-order chi connectivity index (χ1) is 25.2. The first-order valence-corrected chi connectivity index (χ1v) is 17.3. The summed E-state index contributed by atoms with van der Waals surface area (Å²) in [4.78, 5) is 16.0. The number of hydrogen-bond donors (Lipinski definition) is 2. The molecule has 0 amide bonds. The summed E-state index contributed by atoms with van der Waals surface area (Å²) >= 11 is 0. The van der Waals surface area contributed by atoms with E-state index in [-0.39, 0.29) is 28.0 Å². The van der Waals surface area contributed by atoms with Crippen LogP contribution < -0.4 is 0 Å². The number of nitrogens with zero attached hydrogens (tertiary/aromatic N) is 2. The molecule has 2 N–H and O–H groups in total. The van der Waals surface area contributed by atoms with E-state index in [0.29, 0.717) is 0 Å². The van der Waals surface area contributed by atoms with Gasteiger partial charge < -0.3 is 9.97 Å². The molecule has 2 aliphatic heterocycles. The minimum atomic E-state index is 0. The van der Waals surface area contributed by atoms with Crippen LogP contribution in [0.15, 0.2) is 158 Å². The van der Waals surface area contributed by atoms with Gasteiger partial charge in [-0.2, -0.15) is 0 Å². The quantitative estimate of drug-likeness (QED) is 0.120. The van der Waals surface area contributed by atoms with E-state index in [4.69, 9.17) is 0 Å². The van der Waals surface area contributed by atoms with Crippen molar-refractivity contribution in [3.63, 3.8) is 0 Å². The summed E-state index contributed by atoms with van der Waals surface area (Å²) in [7, 11) is 0. The van der Waals surface area contributed by atoms with Gasteiger partial charge in [0.1, 0.15) is 0 Å². The van der Waals surface area contributed by atoms with Gasteiger partial charge in [0.05, 0.1) is 22.8 Å². The maximum atomic E-state index is 4.62. The molecule has 0 saturated carbocycles. The molecule has 6 heteroatoms. The summed E-state index contributed by atoms with van der Waals surface area (Å²) in [5, 5.41) is 5.25. The molecule has 5 radical (unpaired) electrons. The summed E-state index contributed by atoms with van der Waals surface area (Å²) in [5.74, 6) is 0. The SMILES string of the molecule is C1=Cc2cc3ccc(cc4ccc(cc5nc(cc1n2)C=C5)[nH]4)[nH]3.[Cu].[Si].c1ccc2c(c1)Cc1ccccc1-2.c1ccc2cc3ccccc3cc2c1. The summed E-state index contributed by atoms with van der Waals surface area (Å²) in [6, 6.07) is 55.1. The standard InChI is InChI=1S/C20H14N4.C14H10.C13H10.Cu.Si/c1-2-14-10-16-5-6-18(23-16)12-20-8-7-19(24-20)11-17-4-3-15(22-17)9-13(1)21-14;1-2-6-12-10-14-8-4-3-7-13(14)9-11(12)5-1;1-3-7-12-10(5-1)9-11-6-2-4-8-13(11)12;;/h1-12,21-22H;1-10H;1-8H,9H2;;.